The lowest BCUT2D eigenvalue weighted by Crippen LogP contribution is -2.35. The predicted molar refractivity (Wildman–Crippen MR) is 108 cm³/mol. The number of anilines is 1. The first kappa shape index (κ1) is 21.0. The molecule has 0 saturated carbocycles. The van der Waals surface area contributed by atoms with Gasteiger partial charge < -0.3 is 15.0 Å². The first-order valence-electron chi connectivity index (χ1n) is 9.26. The van der Waals surface area contributed by atoms with E-state index >= 15 is 0 Å². The molecule has 10 heteroatoms. The summed E-state index contributed by atoms with van der Waals surface area (Å²) in [7, 11) is 3.58. The molecule has 3 amide bonds. The van der Waals surface area contributed by atoms with Gasteiger partial charge >= 0.3 is 12.1 Å². The summed E-state index contributed by atoms with van der Waals surface area (Å²) in [5, 5.41) is 7.47. The average Bonchev–Trinajstić information content (AvgIpc) is 3.29. The minimum Gasteiger partial charge on any atom is -0.430 e. The summed E-state index contributed by atoms with van der Waals surface area (Å²) in [6.07, 6.45) is 1.27. The van der Waals surface area contributed by atoms with Gasteiger partial charge in [-0.1, -0.05) is 12.1 Å². The quantitative estimate of drug-likeness (QED) is 0.748. The Morgan fingerprint density at radius 1 is 1.45 bits per heavy atom. The number of nitrogens with zero attached hydrogens (tertiary/aromatic N) is 3. The molecule has 3 rings (SSSR count). The molecule has 0 bridgehead atoms. The molecule has 1 atom stereocenters. The summed E-state index contributed by atoms with van der Waals surface area (Å²) >= 11 is 1.26. The molecule has 1 fully saturated rings. The maximum Gasteiger partial charge on any atom is 0.411 e. The fourth-order valence-corrected chi connectivity index (χ4v) is 3.65. The molecule has 2 aromatic rings. The Morgan fingerprint density at radius 2 is 2.28 bits per heavy atom. The van der Waals surface area contributed by atoms with Crippen molar-refractivity contribution < 1.29 is 18.7 Å². The Hall–Kier alpha value is -2.72. The molecule has 2 N–H and O–H groups in total. The van der Waals surface area contributed by atoms with E-state index < -0.39 is 12.1 Å². The smallest absolute Gasteiger partial charge is 0.411 e. The Balaban J connectivity index is 1.44. The Morgan fingerprint density at radius 3 is 3.00 bits per heavy atom. The van der Waals surface area contributed by atoms with Crippen LogP contribution in [-0.4, -0.2) is 53.8 Å². The van der Waals surface area contributed by atoms with E-state index in [0.29, 0.717) is 16.4 Å². The lowest BCUT2D eigenvalue weighted by Gasteiger charge is -2.23. The third-order valence-corrected chi connectivity index (χ3v) is 5.32. The monoisotopic (exact) mass is 421 g/mol. The molecule has 2 heterocycles. The van der Waals surface area contributed by atoms with Crippen molar-refractivity contribution in [1.29, 1.82) is 0 Å². The number of thiazole rings is 1. The maximum atomic E-state index is 13.2. The number of halogens is 1. The second-order valence-electron chi connectivity index (χ2n) is 6.90. The van der Waals surface area contributed by atoms with Crippen LogP contribution in [0.2, 0.25) is 0 Å². The summed E-state index contributed by atoms with van der Waals surface area (Å²) in [6.45, 7) is 1.40. The number of likely N-dealkylation sites (tertiary alicyclic amines) is 1. The zero-order chi connectivity index (χ0) is 20.8. The number of nitrogens with one attached hydrogen (secondary N) is 2. The molecular weight excluding hydrogens is 397 g/mol. The van der Waals surface area contributed by atoms with Crippen LogP contribution < -0.4 is 10.6 Å². The number of amides is 3. The highest BCUT2D eigenvalue weighted by molar-refractivity contribution is 7.13. The van der Waals surface area contributed by atoms with Crippen molar-refractivity contribution in [2.24, 2.45) is 0 Å². The van der Waals surface area contributed by atoms with Crippen LogP contribution in [0.1, 0.15) is 24.1 Å². The summed E-state index contributed by atoms with van der Waals surface area (Å²) < 4.78 is 18.7. The summed E-state index contributed by atoms with van der Waals surface area (Å²) in [5.74, 6) is -0.350. The molecule has 1 aliphatic rings. The minimum atomic E-state index is -0.438. The maximum absolute atomic E-state index is 13.2. The van der Waals surface area contributed by atoms with Crippen LogP contribution in [0.3, 0.4) is 0 Å². The molecular formula is C19H24FN5O3S. The van der Waals surface area contributed by atoms with Gasteiger partial charge in [0.25, 0.3) is 0 Å². The molecule has 0 spiro atoms. The van der Waals surface area contributed by atoms with Gasteiger partial charge in [-0.15, -0.1) is 11.3 Å². The number of benzene rings is 1. The molecule has 8 nitrogen and oxygen atoms in total. The molecule has 0 aliphatic carbocycles. The van der Waals surface area contributed by atoms with Crippen LogP contribution in [0.15, 0.2) is 29.6 Å². The van der Waals surface area contributed by atoms with Crippen molar-refractivity contribution in [3.8, 4) is 0 Å². The van der Waals surface area contributed by atoms with E-state index in [4.69, 9.17) is 4.74 Å². The number of carbonyl (C=O) groups is 2. The van der Waals surface area contributed by atoms with Gasteiger partial charge in [-0.2, -0.15) is 0 Å². The van der Waals surface area contributed by atoms with Gasteiger partial charge in [0.05, 0.1) is 12.2 Å². The summed E-state index contributed by atoms with van der Waals surface area (Å²) in [4.78, 5) is 32.0. The Labute approximate surface area is 172 Å². The summed E-state index contributed by atoms with van der Waals surface area (Å²) in [6, 6.07) is 5.58. The van der Waals surface area contributed by atoms with E-state index in [1.807, 2.05) is 11.9 Å². The highest BCUT2D eigenvalue weighted by Crippen LogP contribution is 2.19. The van der Waals surface area contributed by atoms with Gasteiger partial charge in [0.15, 0.2) is 11.4 Å². The second kappa shape index (κ2) is 9.66. The van der Waals surface area contributed by atoms with Crippen molar-refractivity contribution in [2.45, 2.75) is 32.2 Å². The van der Waals surface area contributed by atoms with Crippen LogP contribution >= 0.6 is 11.3 Å². The Kier molecular flexibility index (Phi) is 6.99. The third kappa shape index (κ3) is 6.13. The Bertz CT molecular complexity index is 862. The standard InChI is InChI=1S/C19H24FN5O3S/c1-24-8-4-7-16(24)28-19(27)25(2)11-15-12-29-18(22-15)23-17(26)21-10-13-5-3-6-14(20)9-13/h3,5-6,9,12,16H,4,7-8,10-11H2,1-2H3,(H2,21,22,23,26). The zero-order valence-electron chi connectivity index (χ0n) is 16.4. The second-order valence-corrected chi connectivity index (χ2v) is 7.76. The van der Waals surface area contributed by atoms with E-state index in [9.17, 15) is 14.0 Å². The van der Waals surface area contributed by atoms with Crippen molar-refractivity contribution in [1.82, 2.24) is 20.1 Å². The largest absolute Gasteiger partial charge is 0.430 e. The van der Waals surface area contributed by atoms with Crippen molar-refractivity contribution in [3.05, 3.63) is 46.7 Å². The lowest BCUT2D eigenvalue weighted by molar-refractivity contribution is 0.00803. The van der Waals surface area contributed by atoms with Crippen molar-refractivity contribution in [3.63, 3.8) is 0 Å². The van der Waals surface area contributed by atoms with Crippen molar-refractivity contribution in [2.75, 3.05) is 26.0 Å². The fraction of sp³-hybridized carbons (Fsp3) is 0.421. The third-order valence-electron chi connectivity index (χ3n) is 4.52. The van der Waals surface area contributed by atoms with Crippen LogP contribution in [0.25, 0.3) is 0 Å². The molecule has 0 radical (unpaired) electrons. The number of hydrogen-bond donors (Lipinski definition) is 2. The van der Waals surface area contributed by atoms with Crippen molar-refractivity contribution >= 4 is 28.6 Å². The van der Waals surface area contributed by atoms with Crippen LogP contribution in [0, 0.1) is 5.82 Å². The molecule has 1 unspecified atom stereocenters. The van der Waals surface area contributed by atoms with Gasteiger partial charge in [-0.25, -0.2) is 19.0 Å². The molecule has 1 aromatic heterocycles. The van der Waals surface area contributed by atoms with Gasteiger partial charge in [0.2, 0.25) is 0 Å². The fourth-order valence-electron chi connectivity index (χ4n) is 2.95. The van der Waals surface area contributed by atoms with E-state index in [1.54, 1.807) is 24.6 Å². The van der Waals surface area contributed by atoms with E-state index in [2.05, 4.69) is 15.6 Å². The number of ether oxygens (including phenoxy) is 1. The molecule has 156 valence electrons. The van der Waals surface area contributed by atoms with Gasteiger partial charge in [0, 0.05) is 25.5 Å². The number of carbonyl (C=O) groups excluding carboxylic acids is 2. The summed E-state index contributed by atoms with van der Waals surface area (Å²) in [5.41, 5.74) is 1.31. The van der Waals surface area contributed by atoms with Gasteiger partial charge in [0.1, 0.15) is 5.82 Å². The topological polar surface area (TPSA) is 86.8 Å². The highest BCUT2D eigenvalue weighted by Gasteiger charge is 2.26. The predicted octanol–water partition coefficient (Wildman–Crippen LogP) is 3.22. The lowest BCUT2D eigenvalue weighted by atomic mass is 10.2. The minimum absolute atomic E-state index is 0.181. The van der Waals surface area contributed by atoms with Crippen LogP contribution in [0.5, 0.6) is 0 Å². The van der Waals surface area contributed by atoms with Gasteiger partial charge in [-0.3, -0.25) is 10.2 Å². The number of urea groups is 1. The van der Waals surface area contributed by atoms with E-state index in [-0.39, 0.29) is 25.1 Å². The highest BCUT2D eigenvalue weighted by atomic mass is 32.1. The van der Waals surface area contributed by atoms with Crippen LogP contribution in [0.4, 0.5) is 19.1 Å². The SMILES string of the molecule is CN(Cc1csc(NC(=O)NCc2cccc(F)c2)n1)C(=O)OC1CCCN1C. The first-order valence-corrected chi connectivity index (χ1v) is 10.1. The molecule has 1 saturated heterocycles. The number of aromatic nitrogens is 1. The first-order chi connectivity index (χ1) is 13.9. The molecule has 1 aromatic carbocycles. The van der Waals surface area contributed by atoms with E-state index in [0.717, 1.165) is 19.4 Å². The van der Waals surface area contributed by atoms with E-state index in [1.165, 1.54) is 28.4 Å². The number of hydrogen-bond acceptors (Lipinski definition) is 6. The van der Waals surface area contributed by atoms with Gasteiger partial charge in [-0.05, 0) is 37.6 Å². The zero-order valence-corrected chi connectivity index (χ0v) is 17.2. The average molecular weight is 421 g/mol. The number of rotatable bonds is 6. The molecule has 1 aliphatic heterocycles. The van der Waals surface area contributed by atoms with Crippen LogP contribution in [-0.2, 0) is 17.8 Å². The molecule has 29 heavy (non-hydrogen) atoms. The normalized spacial score (nSPS) is 16.4.